The van der Waals surface area contributed by atoms with Gasteiger partial charge in [-0.15, -0.1) is 0 Å². The van der Waals surface area contributed by atoms with Gasteiger partial charge in [0.1, 0.15) is 6.61 Å². The SMILES string of the molecule is CCOc1cc(/C=C2/SC(=O)N(c3cccc(Cl)c3)C2=O)cc(Br)c1OCc1ccc(Cl)c(Cl)c1. The summed E-state index contributed by atoms with van der Waals surface area (Å²) in [6, 6.07) is 15.4. The summed E-state index contributed by atoms with van der Waals surface area (Å²) >= 11 is 22.5. The van der Waals surface area contributed by atoms with E-state index in [0.717, 1.165) is 22.2 Å². The molecule has 1 saturated heterocycles. The Morgan fingerprint density at radius 2 is 1.80 bits per heavy atom. The molecule has 2 amide bonds. The topological polar surface area (TPSA) is 55.8 Å². The number of halogens is 4. The maximum Gasteiger partial charge on any atom is 0.298 e. The van der Waals surface area contributed by atoms with Crippen LogP contribution in [0.5, 0.6) is 11.5 Å². The summed E-state index contributed by atoms with van der Waals surface area (Å²) in [4.78, 5) is 26.9. The van der Waals surface area contributed by atoms with Crippen molar-refractivity contribution in [3.63, 3.8) is 0 Å². The largest absolute Gasteiger partial charge is 0.490 e. The van der Waals surface area contributed by atoms with E-state index in [1.807, 2.05) is 13.0 Å². The van der Waals surface area contributed by atoms with Crippen molar-refractivity contribution in [3.05, 3.63) is 90.2 Å². The van der Waals surface area contributed by atoms with E-state index in [1.165, 1.54) is 0 Å². The van der Waals surface area contributed by atoms with Gasteiger partial charge in [0.2, 0.25) is 0 Å². The molecule has 1 aliphatic rings. The quantitative estimate of drug-likeness (QED) is 0.250. The van der Waals surface area contributed by atoms with Gasteiger partial charge in [0, 0.05) is 5.02 Å². The summed E-state index contributed by atoms with van der Waals surface area (Å²) in [6.07, 6.45) is 1.64. The molecule has 0 unspecified atom stereocenters. The second-order valence-electron chi connectivity index (χ2n) is 7.30. The van der Waals surface area contributed by atoms with Crippen molar-refractivity contribution in [2.24, 2.45) is 0 Å². The van der Waals surface area contributed by atoms with Gasteiger partial charge < -0.3 is 9.47 Å². The number of benzene rings is 3. The molecule has 3 aromatic rings. The van der Waals surface area contributed by atoms with Crippen LogP contribution in [0.4, 0.5) is 10.5 Å². The van der Waals surface area contributed by atoms with Gasteiger partial charge in [0.15, 0.2) is 11.5 Å². The standard InChI is InChI=1S/C25H17BrCl3NO4S/c1-2-33-21-10-15(8-18(26)23(21)34-13-14-6-7-19(28)20(29)9-14)11-22-24(31)30(25(32)35-22)17-5-3-4-16(27)12-17/h3-12H,2,13H2,1H3/b22-11+. The van der Waals surface area contributed by atoms with E-state index in [9.17, 15) is 9.59 Å². The fourth-order valence-electron chi connectivity index (χ4n) is 3.32. The Morgan fingerprint density at radius 1 is 1.00 bits per heavy atom. The van der Waals surface area contributed by atoms with Crippen LogP contribution in [0.3, 0.4) is 0 Å². The van der Waals surface area contributed by atoms with Crippen LogP contribution in [0.25, 0.3) is 6.08 Å². The number of anilines is 1. The van der Waals surface area contributed by atoms with Crippen molar-refractivity contribution in [2.45, 2.75) is 13.5 Å². The van der Waals surface area contributed by atoms with Gasteiger partial charge >= 0.3 is 0 Å². The monoisotopic (exact) mass is 611 g/mol. The molecule has 180 valence electrons. The molecule has 0 saturated carbocycles. The Balaban J connectivity index is 1.60. The Labute approximate surface area is 230 Å². The summed E-state index contributed by atoms with van der Waals surface area (Å²) in [5.74, 6) is 0.570. The molecule has 0 N–H and O–H groups in total. The maximum absolute atomic E-state index is 13.0. The highest BCUT2D eigenvalue weighted by molar-refractivity contribution is 9.10. The van der Waals surface area contributed by atoms with Gasteiger partial charge in [0.05, 0.1) is 31.7 Å². The van der Waals surface area contributed by atoms with E-state index in [1.54, 1.807) is 54.6 Å². The highest BCUT2D eigenvalue weighted by Crippen LogP contribution is 2.41. The van der Waals surface area contributed by atoms with E-state index in [-0.39, 0.29) is 11.5 Å². The van der Waals surface area contributed by atoms with E-state index in [4.69, 9.17) is 44.3 Å². The molecule has 0 spiro atoms. The number of amides is 2. The molecule has 1 fully saturated rings. The molecule has 0 atom stereocenters. The summed E-state index contributed by atoms with van der Waals surface area (Å²) in [6.45, 7) is 2.51. The van der Waals surface area contributed by atoms with E-state index in [0.29, 0.717) is 48.9 Å². The molecule has 10 heteroatoms. The van der Waals surface area contributed by atoms with Gasteiger partial charge in [-0.05, 0) is 94.3 Å². The van der Waals surface area contributed by atoms with Crippen LogP contribution in [0.15, 0.2) is 64.0 Å². The number of imide groups is 1. The molecule has 1 aliphatic heterocycles. The van der Waals surface area contributed by atoms with Gasteiger partial charge in [-0.2, -0.15) is 0 Å². The van der Waals surface area contributed by atoms with Crippen molar-refractivity contribution in [1.82, 2.24) is 0 Å². The Morgan fingerprint density at radius 3 is 2.51 bits per heavy atom. The zero-order chi connectivity index (χ0) is 25.1. The molecule has 3 aromatic carbocycles. The number of ether oxygens (including phenoxy) is 2. The number of hydrogen-bond acceptors (Lipinski definition) is 5. The van der Waals surface area contributed by atoms with Crippen molar-refractivity contribution < 1.29 is 19.1 Å². The van der Waals surface area contributed by atoms with Crippen molar-refractivity contribution >= 4 is 85.4 Å². The summed E-state index contributed by atoms with van der Waals surface area (Å²) < 4.78 is 12.4. The lowest BCUT2D eigenvalue weighted by Crippen LogP contribution is -2.27. The number of carbonyl (C=O) groups excluding carboxylic acids is 2. The van der Waals surface area contributed by atoms with Crippen molar-refractivity contribution in [3.8, 4) is 11.5 Å². The first-order valence-electron chi connectivity index (χ1n) is 10.3. The molecule has 0 bridgehead atoms. The van der Waals surface area contributed by atoms with Crippen LogP contribution in [0, 0.1) is 0 Å². The van der Waals surface area contributed by atoms with Gasteiger partial charge in [0.25, 0.3) is 11.1 Å². The number of rotatable bonds is 7. The van der Waals surface area contributed by atoms with Gasteiger partial charge in [-0.3, -0.25) is 9.59 Å². The number of nitrogens with zero attached hydrogens (tertiary/aromatic N) is 1. The predicted octanol–water partition coefficient (Wildman–Crippen LogP) is 8.63. The first kappa shape index (κ1) is 25.9. The van der Waals surface area contributed by atoms with Crippen LogP contribution >= 0.6 is 62.5 Å². The second-order valence-corrected chi connectivity index (χ2v) is 10.4. The van der Waals surface area contributed by atoms with Crippen molar-refractivity contribution in [1.29, 1.82) is 0 Å². The molecule has 0 aromatic heterocycles. The average Bonchev–Trinajstić information content (AvgIpc) is 3.08. The summed E-state index contributed by atoms with van der Waals surface area (Å²) in [5, 5.41) is 0.955. The number of thioether (sulfide) groups is 1. The molecular weight excluding hydrogens is 597 g/mol. The highest BCUT2D eigenvalue weighted by atomic mass is 79.9. The normalized spacial score (nSPS) is 14.7. The highest BCUT2D eigenvalue weighted by Gasteiger charge is 2.36. The van der Waals surface area contributed by atoms with Crippen LogP contribution in [-0.4, -0.2) is 17.8 Å². The number of hydrogen-bond donors (Lipinski definition) is 0. The minimum absolute atomic E-state index is 0.243. The molecule has 1 heterocycles. The fourth-order valence-corrected chi connectivity index (χ4v) is 5.24. The average molecular weight is 614 g/mol. The third-order valence-corrected chi connectivity index (χ3v) is 7.29. The Bertz CT molecular complexity index is 1350. The first-order valence-corrected chi connectivity index (χ1v) is 13.1. The molecule has 5 nitrogen and oxygen atoms in total. The van der Waals surface area contributed by atoms with E-state index < -0.39 is 11.1 Å². The van der Waals surface area contributed by atoms with Gasteiger partial charge in [-0.25, -0.2) is 4.90 Å². The molecule has 35 heavy (non-hydrogen) atoms. The predicted molar refractivity (Wildman–Crippen MR) is 146 cm³/mol. The molecule has 0 aliphatic carbocycles. The lowest BCUT2D eigenvalue weighted by atomic mass is 10.1. The molecule has 0 radical (unpaired) electrons. The maximum atomic E-state index is 13.0. The minimum Gasteiger partial charge on any atom is -0.490 e. The first-order chi connectivity index (χ1) is 16.8. The van der Waals surface area contributed by atoms with E-state index in [2.05, 4.69) is 15.9 Å². The number of carbonyl (C=O) groups is 2. The second kappa shape index (κ2) is 11.3. The van der Waals surface area contributed by atoms with E-state index >= 15 is 0 Å². The third-order valence-electron chi connectivity index (χ3n) is 4.86. The molecular formula is C25H17BrCl3NO4S. The Kier molecular flexibility index (Phi) is 8.34. The summed E-state index contributed by atoms with van der Waals surface area (Å²) in [7, 11) is 0. The zero-order valence-electron chi connectivity index (χ0n) is 18.2. The van der Waals surface area contributed by atoms with Crippen LogP contribution in [-0.2, 0) is 11.4 Å². The van der Waals surface area contributed by atoms with Crippen molar-refractivity contribution in [2.75, 3.05) is 11.5 Å². The lowest BCUT2D eigenvalue weighted by Gasteiger charge is -2.15. The van der Waals surface area contributed by atoms with Crippen LogP contribution in [0.2, 0.25) is 15.1 Å². The van der Waals surface area contributed by atoms with Crippen LogP contribution in [0.1, 0.15) is 18.1 Å². The molecule has 4 rings (SSSR count). The third kappa shape index (κ3) is 5.98. The van der Waals surface area contributed by atoms with Crippen LogP contribution < -0.4 is 14.4 Å². The zero-order valence-corrected chi connectivity index (χ0v) is 22.9. The minimum atomic E-state index is -0.420. The smallest absolute Gasteiger partial charge is 0.298 e. The Hall–Kier alpha value is -2.16. The lowest BCUT2D eigenvalue weighted by molar-refractivity contribution is -0.113. The summed E-state index contributed by atoms with van der Waals surface area (Å²) in [5.41, 5.74) is 1.93. The van der Waals surface area contributed by atoms with Gasteiger partial charge in [-0.1, -0.05) is 46.9 Å². The fraction of sp³-hybridized carbons (Fsp3) is 0.120.